The Kier molecular flexibility index (Phi) is 10.3. The topological polar surface area (TPSA) is 184 Å². The summed E-state index contributed by atoms with van der Waals surface area (Å²) in [5.74, 6) is -1.86. The van der Waals surface area contributed by atoms with Gasteiger partial charge in [-0.3, -0.25) is 48.7 Å². The van der Waals surface area contributed by atoms with Gasteiger partial charge in [0, 0.05) is 99.4 Å². The van der Waals surface area contributed by atoms with Gasteiger partial charge in [-0.2, -0.15) is 5.10 Å². The quantitative estimate of drug-likeness (QED) is 0.256. The Bertz CT molecular complexity index is 2420. The number of amides is 6. The van der Waals surface area contributed by atoms with Gasteiger partial charge in [-0.15, -0.1) is 0 Å². The molecule has 0 bridgehead atoms. The maximum absolute atomic E-state index is 14.7. The molecule has 1 saturated carbocycles. The molecule has 9 rings (SSSR count). The highest BCUT2D eigenvalue weighted by molar-refractivity contribution is 6.23. The molecule has 2 aromatic carbocycles. The molecule has 0 radical (unpaired) electrons. The van der Waals surface area contributed by atoms with Crippen LogP contribution in [-0.2, 0) is 51.7 Å². The van der Waals surface area contributed by atoms with E-state index in [1.807, 2.05) is 4.90 Å². The number of carbonyl (C=O) groups excluding carboxylic acids is 6. The summed E-state index contributed by atoms with van der Waals surface area (Å²) in [6, 6.07) is 5.60. The van der Waals surface area contributed by atoms with Gasteiger partial charge in [-0.25, -0.2) is 8.78 Å². The Labute approximate surface area is 350 Å². The maximum Gasteiger partial charge on any atom is 0.264 e. The van der Waals surface area contributed by atoms with E-state index in [0.29, 0.717) is 93.9 Å². The van der Waals surface area contributed by atoms with Crippen molar-refractivity contribution in [2.75, 3.05) is 25.0 Å². The van der Waals surface area contributed by atoms with Crippen LogP contribution in [0.4, 0.5) is 20.3 Å². The number of alkyl halides is 2. The number of hydrogen-bond donors (Lipinski definition) is 2. The molecule has 17 heteroatoms. The highest BCUT2D eigenvalue weighted by atomic mass is 19.3. The first kappa shape index (κ1) is 40.2. The largest absolute Gasteiger partial charge is 0.404 e. The highest BCUT2D eigenvalue weighted by Crippen LogP contribution is 2.44. The number of carbonyl (C=O) groups is 6. The van der Waals surface area contributed by atoms with Gasteiger partial charge >= 0.3 is 0 Å². The summed E-state index contributed by atoms with van der Waals surface area (Å²) in [6.45, 7) is 3.60. The van der Waals surface area contributed by atoms with Gasteiger partial charge in [0.25, 0.3) is 18.2 Å². The van der Waals surface area contributed by atoms with Gasteiger partial charge in [0.15, 0.2) is 5.82 Å². The fraction of sp³-hybridized carbons (Fsp3) is 0.455. The fourth-order valence-corrected chi connectivity index (χ4v) is 10.2. The van der Waals surface area contributed by atoms with Gasteiger partial charge in [0.1, 0.15) is 6.04 Å². The monoisotopic (exact) mass is 835 g/mol. The number of anilines is 2. The lowest BCUT2D eigenvalue weighted by Crippen LogP contribution is -2.54. The van der Waals surface area contributed by atoms with Crippen LogP contribution >= 0.6 is 0 Å². The third kappa shape index (κ3) is 6.87. The van der Waals surface area contributed by atoms with E-state index >= 15 is 0 Å². The Morgan fingerprint density at radius 2 is 1.59 bits per heavy atom. The zero-order valence-electron chi connectivity index (χ0n) is 34.1. The Morgan fingerprint density at radius 1 is 0.885 bits per heavy atom. The zero-order chi connectivity index (χ0) is 42.9. The van der Waals surface area contributed by atoms with E-state index in [9.17, 15) is 37.5 Å². The smallest absolute Gasteiger partial charge is 0.264 e. The summed E-state index contributed by atoms with van der Waals surface area (Å²) < 4.78 is 31.4. The average molecular weight is 836 g/mol. The summed E-state index contributed by atoms with van der Waals surface area (Å²) in [6.07, 6.45) is 4.81. The first-order chi connectivity index (χ1) is 29.4. The molecule has 61 heavy (non-hydrogen) atoms. The number of aryl methyl sites for hydroxylation is 1. The molecule has 3 aromatic rings. The van der Waals surface area contributed by atoms with Crippen molar-refractivity contribution >= 4 is 58.7 Å². The predicted molar refractivity (Wildman–Crippen MR) is 219 cm³/mol. The van der Waals surface area contributed by atoms with Crippen molar-refractivity contribution in [3.05, 3.63) is 80.7 Å². The van der Waals surface area contributed by atoms with E-state index in [1.165, 1.54) is 12.4 Å². The van der Waals surface area contributed by atoms with Crippen LogP contribution in [0.15, 0.2) is 35.5 Å². The normalized spacial score (nSPS) is 22.8. The van der Waals surface area contributed by atoms with Crippen LogP contribution in [0.1, 0.15) is 124 Å². The second-order valence-corrected chi connectivity index (χ2v) is 16.8. The number of allylic oxidation sites excluding steroid dienone is 1. The van der Waals surface area contributed by atoms with Crippen molar-refractivity contribution in [1.82, 2.24) is 29.8 Å². The van der Waals surface area contributed by atoms with Crippen molar-refractivity contribution in [2.45, 2.75) is 103 Å². The van der Waals surface area contributed by atoms with Crippen LogP contribution in [0.25, 0.3) is 5.57 Å². The van der Waals surface area contributed by atoms with Gasteiger partial charge in [-0.1, -0.05) is 0 Å². The minimum atomic E-state index is -2.76. The van der Waals surface area contributed by atoms with Crippen molar-refractivity contribution < 1.29 is 37.5 Å². The lowest BCUT2D eigenvalue weighted by atomic mass is 9.85. The Hall–Kier alpha value is -6.26. The van der Waals surface area contributed by atoms with Crippen LogP contribution in [0, 0.1) is 5.92 Å². The van der Waals surface area contributed by atoms with E-state index in [-0.39, 0.29) is 53.3 Å². The Morgan fingerprint density at radius 3 is 2.21 bits per heavy atom. The van der Waals surface area contributed by atoms with Crippen molar-refractivity contribution in [1.29, 1.82) is 0 Å². The number of aliphatic imine (C=N–C) groups is 1. The Balaban J connectivity index is 0.928. The average Bonchev–Trinajstić information content (AvgIpc) is 3.92. The molecule has 1 unspecified atom stereocenters. The molecule has 1 aliphatic carbocycles. The molecule has 6 amide bonds. The first-order valence-corrected chi connectivity index (χ1v) is 21.0. The molecular weight excluding hydrogens is 789 g/mol. The fourth-order valence-electron chi connectivity index (χ4n) is 10.2. The van der Waals surface area contributed by atoms with Crippen molar-refractivity contribution in [3.8, 4) is 0 Å². The number of benzene rings is 2. The summed E-state index contributed by atoms with van der Waals surface area (Å²) in [5, 5.41) is 7.46. The lowest BCUT2D eigenvalue weighted by Gasteiger charge is -2.33. The number of rotatable bonds is 7. The zero-order valence-corrected chi connectivity index (χ0v) is 34.1. The van der Waals surface area contributed by atoms with E-state index < -0.39 is 36.1 Å². The number of piperidine rings is 1. The second kappa shape index (κ2) is 15.6. The van der Waals surface area contributed by atoms with Crippen LogP contribution < -0.4 is 16.0 Å². The number of halogens is 2. The molecule has 6 heterocycles. The van der Waals surface area contributed by atoms with Gasteiger partial charge in [-0.05, 0) is 91.5 Å². The summed E-state index contributed by atoms with van der Waals surface area (Å²) in [5.41, 5.74) is 11.9. The molecule has 1 saturated heterocycles. The van der Waals surface area contributed by atoms with Crippen LogP contribution in [0.3, 0.4) is 0 Å². The maximum atomic E-state index is 14.7. The second-order valence-electron chi connectivity index (χ2n) is 16.8. The van der Waals surface area contributed by atoms with Crippen LogP contribution in [0.5, 0.6) is 0 Å². The molecule has 15 nitrogen and oxygen atoms in total. The summed E-state index contributed by atoms with van der Waals surface area (Å²) >= 11 is 0. The minimum absolute atomic E-state index is 0.00708. The lowest BCUT2D eigenvalue weighted by molar-refractivity contribution is -0.138. The minimum Gasteiger partial charge on any atom is -0.404 e. The number of nitrogens with two attached hydrogens (primary N) is 1. The number of nitrogens with zero attached hydrogens (tertiary/aromatic N) is 7. The highest BCUT2D eigenvalue weighted by Gasteiger charge is 2.46. The number of imide groups is 2. The standard InChI is InChI=1S/C44H47F2N9O6/c1-23(56)51-13-11-35-34(22-51)40(53-12-3-4-25-14-30(28(18-47)19-48-2)31(39(45)46)17-37(25)53)50-55(35)29-7-5-24(6-8-29)42(59)52-20-26-15-32-33(16-27(26)21-52)44(61)54(43(32)60)36-9-10-38(57)49-41(36)58/h14-19,24,29,36,39H,3-13,20-22,47H2,1-2H3,(H,49,57,58)/b28-18+,48-19?. The van der Waals surface area contributed by atoms with Gasteiger partial charge in [0.05, 0.1) is 23.7 Å². The summed E-state index contributed by atoms with van der Waals surface area (Å²) in [7, 11) is 1.57. The van der Waals surface area contributed by atoms with Crippen molar-refractivity contribution in [2.24, 2.45) is 16.6 Å². The molecule has 5 aliphatic heterocycles. The van der Waals surface area contributed by atoms with Crippen LogP contribution in [0.2, 0.25) is 0 Å². The number of fused-ring (bicyclic) bond motifs is 4. The van der Waals surface area contributed by atoms with Gasteiger partial charge in [0.2, 0.25) is 23.6 Å². The molecule has 3 N–H and O–H groups in total. The molecule has 2 fully saturated rings. The molecule has 0 spiro atoms. The van der Waals surface area contributed by atoms with E-state index in [1.54, 1.807) is 48.0 Å². The molecule has 6 aliphatic rings. The summed E-state index contributed by atoms with van der Waals surface area (Å²) in [4.78, 5) is 88.3. The molecule has 318 valence electrons. The van der Waals surface area contributed by atoms with Crippen molar-refractivity contribution in [3.63, 3.8) is 0 Å². The van der Waals surface area contributed by atoms with E-state index in [4.69, 9.17) is 10.8 Å². The predicted octanol–water partition coefficient (Wildman–Crippen LogP) is 4.48. The number of aromatic nitrogens is 2. The number of hydrogen-bond acceptors (Lipinski definition) is 10. The van der Waals surface area contributed by atoms with E-state index in [0.717, 1.165) is 39.3 Å². The van der Waals surface area contributed by atoms with E-state index in [2.05, 4.69) is 15.0 Å². The number of nitrogens with one attached hydrogen (secondary N) is 1. The molecular formula is C44H47F2N9O6. The third-order valence-electron chi connectivity index (χ3n) is 13.3. The SMILES string of the molecule is CN=C/C(=C\N)c1cc2c(cc1C(F)F)N(c1nn(C3CCC(C(=O)N4Cc5cc6c(cc5C4)C(=O)N(C4CCC(=O)NC4=O)C6=O)CC3)c3c1CN(C(C)=O)CC3)CCC2. The third-order valence-corrected chi connectivity index (χ3v) is 13.3. The van der Waals surface area contributed by atoms with Crippen LogP contribution in [-0.4, -0.2) is 92.3 Å². The molecule has 1 aromatic heterocycles. The molecule has 1 atom stereocenters. The first-order valence-electron chi connectivity index (χ1n) is 21.0. The van der Waals surface area contributed by atoms with Gasteiger partial charge < -0.3 is 20.4 Å².